The van der Waals surface area contributed by atoms with Crippen LogP contribution in [0.4, 0.5) is 10.5 Å². The van der Waals surface area contributed by atoms with Gasteiger partial charge in [0, 0.05) is 24.3 Å². The number of ether oxygens (including phenoxy) is 2. The zero-order valence-electron chi connectivity index (χ0n) is 14.0. The molecule has 0 aliphatic carbocycles. The Morgan fingerprint density at radius 1 is 1.27 bits per heavy atom. The van der Waals surface area contributed by atoms with Crippen LogP contribution in [0.15, 0.2) is 28.8 Å². The Morgan fingerprint density at radius 3 is 2.54 bits per heavy atom. The molecule has 11 heteroatoms. The van der Waals surface area contributed by atoms with Crippen molar-refractivity contribution in [3.63, 3.8) is 0 Å². The fourth-order valence-electron chi connectivity index (χ4n) is 2.46. The highest BCUT2D eigenvalue weighted by atomic mass is 32.2. The number of carbonyl (C=O) groups excluding carboxylic acids is 1. The first-order valence-electron chi connectivity index (χ1n) is 7.76. The Hall–Kier alpha value is -2.63. The lowest BCUT2D eigenvalue weighted by Gasteiger charge is -2.26. The van der Waals surface area contributed by atoms with E-state index in [4.69, 9.17) is 19.7 Å². The number of hydrogen-bond donors (Lipinski definition) is 2. The summed E-state index contributed by atoms with van der Waals surface area (Å²) in [4.78, 5) is 11.0. The van der Waals surface area contributed by atoms with Gasteiger partial charge in [-0.05, 0) is 31.2 Å². The van der Waals surface area contributed by atoms with Crippen LogP contribution >= 0.6 is 0 Å². The van der Waals surface area contributed by atoms with Crippen molar-refractivity contribution in [3.05, 3.63) is 30.0 Å². The number of nitrogens with two attached hydrogens (primary N) is 1. The maximum Gasteiger partial charge on any atom is 0.410 e. The van der Waals surface area contributed by atoms with E-state index in [-0.39, 0.29) is 11.5 Å². The van der Waals surface area contributed by atoms with Crippen molar-refractivity contribution in [2.75, 3.05) is 31.0 Å². The molecule has 3 rings (SSSR count). The SMILES string of the molecule is Cc1noc(-c2ccc(NS(=O)(=O)N3CCOCC3)cc2)c1OC(N)=O. The zero-order chi connectivity index (χ0) is 18.7. The van der Waals surface area contributed by atoms with Gasteiger partial charge in [-0.25, -0.2) is 4.79 Å². The lowest BCUT2D eigenvalue weighted by Crippen LogP contribution is -2.43. The number of nitrogens with zero attached hydrogens (tertiary/aromatic N) is 2. The molecule has 0 atom stereocenters. The molecule has 1 aromatic carbocycles. The van der Waals surface area contributed by atoms with Gasteiger partial charge < -0.3 is 19.7 Å². The summed E-state index contributed by atoms with van der Waals surface area (Å²) in [7, 11) is -3.65. The zero-order valence-corrected chi connectivity index (χ0v) is 14.8. The number of hydrogen-bond acceptors (Lipinski definition) is 7. The summed E-state index contributed by atoms with van der Waals surface area (Å²) >= 11 is 0. The fourth-order valence-corrected chi connectivity index (χ4v) is 3.65. The summed E-state index contributed by atoms with van der Waals surface area (Å²) in [5, 5.41) is 3.75. The molecule has 2 aromatic rings. The molecule has 0 unspecified atom stereocenters. The molecule has 0 radical (unpaired) electrons. The molecular formula is C15H18N4O6S. The Morgan fingerprint density at radius 2 is 1.92 bits per heavy atom. The molecule has 140 valence electrons. The molecule has 1 fully saturated rings. The Kier molecular flexibility index (Phi) is 5.11. The number of morpholine rings is 1. The fraction of sp³-hybridized carbons (Fsp3) is 0.333. The first kappa shape index (κ1) is 18.2. The predicted octanol–water partition coefficient (Wildman–Crippen LogP) is 1.10. The summed E-state index contributed by atoms with van der Waals surface area (Å²) in [6, 6.07) is 6.37. The Bertz CT molecular complexity index is 887. The van der Waals surface area contributed by atoms with Crippen molar-refractivity contribution in [1.29, 1.82) is 0 Å². The molecule has 0 spiro atoms. The maximum absolute atomic E-state index is 12.3. The van der Waals surface area contributed by atoms with E-state index in [0.29, 0.717) is 43.2 Å². The van der Waals surface area contributed by atoms with Gasteiger partial charge in [-0.3, -0.25) is 4.72 Å². The van der Waals surface area contributed by atoms with E-state index in [1.807, 2.05) is 0 Å². The first-order chi connectivity index (χ1) is 12.4. The van der Waals surface area contributed by atoms with E-state index in [2.05, 4.69) is 9.88 Å². The number of primary amides is 1. The minimum absolute atomic E-state index is 0.124. The van der Waals surface area contributed by atoms with Gasteiger partial charge in [-0.1, -0.05) is 5.16 Å². The number of aryl methyl sites for hydroxylation is 1. The van der Waals surface area contributed by atoms with Crippen LogP contribution in [-0.4, -0.2) is 50.3 Å². The number of aromatic nitrogens is 1. The number of benzene rings is 1. The monoisotopic (exact) mass is 382 g/mol. The van der Waals surface area contributed by atoms with Crippen LogP contribution in [0.25, 0.3) is 11.3 Å². The van der Waals surface area contributed by atoms with E-state index in [1.165, 1.54) is 4.31 Å². The van der Waals surface area contributed by atoms with Gasteiger partial charge >= 0.3 is 16.3 Å². The van der Waals surface area contributed by atoms with Crippen LogP contribution in [0.5, 0.6) is 5.75 Å². The Balaban J connectivity index is 1.78. The molecule has 3 N–H and O–H groups in total. The van der Waals surface area contributed by atoms with E-state index in [1.54, 1.807) is 31.2 Å². The molecule has 26 heavy (non-hydrogen) atoms. The van der Waals surface area contributed by atoms with Crippen molar-refractivity contribution in [2.24, 2.45) is 5.73 Å². The molecule has 0 bridgehead atoms. The largest absolute Gasteiger partial charge is 0.410 e. The van der Waals surface area contributed by atoms with E-state index < -0.39 is 16.3 Å². The number of anilines is 1. The molecule has 2 heterocycles. The predicted molar refractivity (Wildman–Crippen MR) is 91.8 cm³/mol. The minimum Gasteiger partial charge on any atom is -0.404 e. The third kappa shape index (κ3) is 3.95. The van der Waals surface area contributed by atoms with E-state index in [9.17, 15) is 13.2 Å². The quantitative estimate of drug-likeness (QED) is 0.790. The standard InChI is InChI=1S/C15H18N4O6S/c1-10-13(24-15(16)20)14(25-17-10)11-2-4-12(5-3-11)18-26(21,22)19-6-8-23-9-7-19/h2-5,18H,6-9H2,1H3,(H2,16,20). The maximum atomic E-state index is 12.3. The highest BCUT2D eigenvalue weighted by molar-refractivity contribution is 7.90. The summed E-state index contributed by atoms with van der Waals surface area (Å²) in [5.74, 6) is 0.350. The lowest BCUT2D eigenvalue weighted by molar-refractivity contribution is 0.0733. The smallest absolute Gasteiger partial charge is 0.404 e. The molecule has 1 aliphatic rings. The molecule has 0 saturated carbocycles. The van der Waals surface area contributed by atoms with Gasteiger partial charge in [0.25, 0.3) is 0 Å². The van der Waals surface area contributed by atoms with Gasteiger partial charge in [-0.15, -0.1) is 0 Å². The Labute approximate surface area is 150 Å². The molecule has 1 saturated heterocycles. The van der Waals surface area contributed by atoms with Gasteiger partial charge in [-0.2, -0.15) is 12.7 Å². The van der Waals surface area contributed by atoms with Crippen LogP contribution < -0.4 is 15.2 Å². The number of carbonyl (C=O) groups is 1. The first-order valence-corrected chi connectivity index (χ1v) is 9.20. The second kappa shape index (κ2) is 7.32. The van der Waals surface area contributed by atoms with Gasteiger partial charge in [0.05, 0.1) is 13.2 Å². The third-order valence-electron chi connectivity index (χ3n) is 3.72. The minimum atomic E-state index is -3.65. The number of rotatable bonds is 5. The highest BCUT2D eigenvalue weighted by Crippen LogP contribution is 2.33. The number of nitrogens with one attached hydrogen (secondary N) is 1. The average Bonchev–Trinajstić information content (AvgIpc) is 2.96. The average molecular weight is 382 g/mol. The van der Waals surface area contributed by atoms with Crippen LogP contribution in [0.2, 0.25) is 0 Å². The normalized spacial score (nSPS) is 15.6. The second-order valence-electron chi connectivity index (χ2n) is 5.54. The van der Waals surface area contributed by atoms with Crippen molar-refractivity contribution < 1.29 is 27.2 Å². The highest BCUT2D eigenvalue weighted by Gasteiger charge is 2.24. The molecule has 1 aromatic heterocycles. The van der Waals surface area contributed by atoms with Crippen molar-refractivity contribution in [2.45, 2.75) is 6.92 Å². The molecule has 10 nitrogen and oxygen atoms in total. The van der Waals surface area contributed by atoms with Crippen molar-refractivity contribution in [1.82, 2.24) is 9.46 Å². The van der Waals surface area contributed by atoms with Crippen LogP contribution in [-0.2, 0) is 14.9 Å². The second-order valence-corrected chi connectivity index (χ2v) is 7.21. The number of amides is 1. The summed E-state index contributed by atoms with van der Waals surface area (Å²) in [5.41, 5.74) is 6.35. The molecular weight excluding hydrogens is 364 g/mol. The summed E-state index contributed by atoms with van der Waals surface area (Å²) in [6.45, 7) is 2.95. The van der Waals surface area contributed by atoms with Crippen LogP contribution in [0.3, 0.4) is 0 Å². The van der Waals surface area contributed by atoms with Crippen LogP contribution in [0.1, 0.15) is 5.69 Å². The molecule has 1 aliphatic heterocycles. The van der Waals surface area contributed by atoms with Gasteiger partial charge in [0.15, 0.2) is 0 Å². The van der Waals surface area contributed by atoms with E-state index in [0.717, 1.165) is 0 Å². The summed E-state index contributed by atoms with van der Waals surface area (Å²) < 4.78 is 43.8. The van der Waals surface area contributed by atoms with Crippen molar-refractivity contribution >= 4 is 22.0 Å². The van der Waals surface area contributed by atoms with Crippen LogP contribution in [0, 0.1) is 6.92 Å². The summed E-state index contributed by atoms with van der Waals surface area (Å²) in [6.07, 6.45) is -0.979. The van der Waals surface area contributed by atoms with Crippen molar-refractivity contribution in [3.8, 4) is 17.1 Å². The van der Waals surface area contributed by atoms with Gasteiger partial charge in [0.1, 0.15) is 5.69 Å². The third-order valence-corrected chi connectivity index (χ3v) is 5.25. The van der Waals surface area contributed by atoms with E-state index >= 15 is 0 Å². The topological polar surface area (TPSA) is 137 Å². The lowest BCUT2D eigenvalue weighted by atomic mass is 10.1. The van der Waals surface area contributed by atoms with Gasteiger partial charge in [0.2, 0.25) is 11.5 Å². The molecule has 1 amide bonds.